The molecule has 0 bridgehead atoms. The van der Waals surface area contributed by atoms with Crippen LogP contribution in [0.3, 0.4) is 0 Å². The van der Waals surface area contributed by atoms with Crippen molar-refractivity contribution >= 4 is 38.9 Å². The van der Waals surface area contributed by atoms with Crippen LogP contribution in [0.2, 0.25) is 0 Å². The zero-order valence-corrected chi connectivity index (χ0v) is 37.2. The lowest BCUT2D eigenvalue weighted by atomic mass is 9.85. The number of hydrogen-bond donors (Lipinski definition) is 0. The fraction of sp³-hybridized carbons (Fsp3) is 0.283. The third-order valence-electron chi connectivity index (χ3n) is 12.3. The summed E-state index contributed by atoms with van der Waals surface area (Å²) in [6.07, 6.45) is 1.93. The van der Waals surface area contributed by atoms with Crippen molar-refractivity contribution in [2.75, 3.05) is 23.5 Å². The van der Waals surface area contributed by atoms with Crippen molar-refractivity contribution in [2.45, 2.75) is 87.0 Å². The lowest BCUT2D eigenvalue weighted by Crippen LogP contribution is -2.24. The van der Waals surface area contributed by atoms with Gasteiger partial charge >= 0.3 is 0 Å². The molecule has 8 aromatic rings. The van der Waals surface area contributed by atoms with E-state index in [2.05, 4.69) is 195 Å². The van der Waals surface area contributed by atoms with Crippen molar-refractivity contribution < 1.29 is 0 Å². The molecule has 0 atom stereocenters. The fourth-order valence-electron chi connectivity index (χ4n) is 8.86. The number of para-hydroxylation sites is 1. The molecule has 1 aliphatic heterocycles. The van der Waals surface area contributed by atoms with Crippen LogP contribution < -0.4 is 9.80 Å². The Bertz CT molecular complexity index is 2990. The summed E-state index contributed by atoms with van der Waals surface area (Å²) in [5.41, 5.74) is 17.0. The topological polar surface area (TPSA) is 63.0 Å². The highest BCUT2D eigenvalue weighted by molar-refractivity contribution is 6.10. The molecule has 302 valence electrons. The van der Waals surface area contributed by atoms with Gasteiger partial charge in [-0.25, -0.2) is 19.9 Å². The second kappa shape index (κ2) is 14.1. The number of anilines is 3. The number of benzene rings is 5. The van der Waals surface area contributed by atoms with Gasteiger partial charge in [-0.3, -0.25) is 4.57 Å². The molecule has 9 rings (SSSR count). The monoisotopic (exact) mass is 789 g/mol. The van der Waals surface area contributed by atoms with Crippen molar-refractivity contribution in [1.82, 2.24) is 24.5 Å². The van der Waals surface area contributed by atoms with Crippen LogP contribution >= 0.6 is 0 Å². The molecule has 0 amide bonds. The van der Waals surface area contributed by atoms with Gasteiger partial charge in [-0.1, -0.05) is 89.6 Å². The van der Waals surface area contributed by atoms with Gasteiger partial charge in [-0.15, -0.1) is 0 Å². The summed E-state index contributed by atoms with van der Waals surface area (Å²) < 4.78 is 2.29. The van der Waals surface area contributed by atoms with E-state index in [-0.39, 0.29) is 10.8 Å². The largest absolute Gasteiger partial charge is 0.355 e. The number of nitrogens with zero attached hydrogens (tertiary/aromatic N) is 7. The van der Waals surface area contributed by atoms with Gasteiger partial charge in [0.25, 0.3) is 0 Å². The Morgan fingerprint density at radius 2 is 1.17 bits per heavy atom. The number of aryl methyl sites for hydroxylation is 5. The zero-order valence-electron chi connectivity index (χ0n) is 37.2. The van der Waals surface area contributed by atoms with E-state index in [9.17, 15) is 0 Å². The van der Waals surface area contributed by atoms with Crippen molar-refractivity contribution in [3.05, 3.63) is 142 Å². The molecule has 1 aliphatic rings. The Morgan fingerprint density at radius 1 is 0.533 bits per heavy atom. The molecule has 3 aromatic heterocycles. The first-order valence-corrected chi connectivity index (χ1v) is 21.1. The lowest BCUT2D eigenvalue weighted by molar-refractivity contribution is 0.588. The molecule has 4 heterocycles. The maximum absolute atomic E-state index is 5.39. The molecule has 5 aromatic carbocycles. The highest BCUT2D eigenvalue weighted by atomic mass is 15.4. The molecule has 0 saturated heterocycles. The van der Waals surface area contributed by atoms with Gasteiger partial charge in [0, 0.05) is 46.4 Å². The van der Waals surface area contributed by atoms with Crippen LogP contribution in [0.1, 0.15) is 80.5 Å². The summed E-state index contributed by atoms with van der Waals surface area (Å²) >= 11 is 0. The van der Waals surface area contributed by atoms with Gasteiger partial charge in [-0.2, -0.15) is 0 Å². The Balaban J connectivity index is 1.28. The molecule has 60 heavy (non-hydrogen) atoms. The summed E-state index contributed by atoms with van der Waals surface area (Å²) in [4.78, 5) is 25.8. The number of aromatic nitrogens is 5. The van der Waals surface area contributed by atoms with E-state index in [1.54, 1.807) is 0 Å². The molecule has 0 radical (unpaired) electrons. The van der Waals surface area contributed by atoms with Crippen LogP contribution in [0.4, 0.5) is 17.1 Å². The zero-order chi connectivity index (χ0) is 42.4. The SMILES string of the molecule is Cc1cc(C)c(-c2nc(-c3cc(N4CN(C)c5cc(C)c(C)cc54)cc(C(C)(C)C)c3)nc(-c3ccc4c5ccccc5n(-c5cc(C(C)(C)C)ccn5)c4c3)n2)c(C)c1. The van der Waals surface area contributed by atoms with Crippen LogP contribution in [0.5, 0.6) is 0 Å². The minimum absolute atomic E-state index is 0.0260. The summed E-state index contributed by atoms with van der Waals surface area (Å²) in [5.74, 6) is 2.84. The summed E-state index contributed by atoms with van der Waals surface area (Å²) in [5, 5.41) is 2.33. The van der Waals surface area contributed by atoms with E-state index >= 15 is 0 Å². The van der Waals surface area contributed by atoms with E-state index in [4.69, 9.17) is 19.9 Å². The van der Waals surface area contributed by atoms with E-state index in [0.29, 0.717) is 17.5 Å². The van der Waals surface area contributed by atoms with Crippen LogP contribution in [0.15, 0.2) is 103 Å². The number of pyridine rings is 1. The van der Waals surface area contributed by atoms with Gasteiger partial charge in [-0.05, 0) is 133 Å². The molecule has 0 spiro atoms. The predicted octanol–water partition coefficient (Wildman–Crippen LogP) is 13.0. The second-order valence-electron chi connectivity index (χ2n) is 19.0. The number of fused-ring (bicyclic) bond motifs is 4. The Hall–Kier alpha value is -6.34. The molecule has 0 fully saturated rings. The minimum atomic E-state index is -0.123. The Labute approximate surface area is 354 Å². The average molecular weight is 790 g/mol. The van der Waals surface area contributed by atoms with Crippen LogP contribution in [-0.2, 0) is 10.8 Å². The van der Waals surface area contributed by atoms with Crippen molar-refractivity contribution in [3.8, 4) is 40.0 Å². The smallest absolute Gasteiger partial charge is 0.164 e. The lowest BCUT2D eigenvalue weighted by Gasteiger charge is -2.26. The molecular formula is C53H55N7. The van der Waals surface area contributed by atoms with E-state index in [1.165, 1.54) is 44.6 Å². The summed E-state index contributed by atoms with van der Waals surface area (Å²) in [7, 11) is 2.17. The van der Waals surface area contributed by atoms with Gasteiger partial charge in [0.15, 0.2) is 17.5 Å². The average Bonchev–Trinajstić information content (AvgIpc) is 3.70. The quantitative estimate of drug-likeness (QED) is 0.173. The number of hydrogen-bond acceptors (Lipinski definition) is 6. The third kappa shape index (κ3) is 6.80. The third-order valence-corrected chi connectivity index (χ3v) is 12.3. The van der Waals surface area contributed by atoms with Crippen molar-refractivity contribution in [2.24, 2.45) is 0 Å². The highest BCUT2D eigenvalue weighted by Gasteiger charge is 2.28. The first kappa shape index (κ1) is 39.1. The van der Waals surface area contributed by atoms with Crippen molar-refractivity contribution in [3.63, 3.8) is 0 Å². The molecule has 0 aliphatic carbocycles. The van der Waals surface area contributed by atoms with Crippen LogP contribution in [0, 0.1) is 34.6 Å². The first-order valence-electron chi connectivity index (χ1n) is 21.1. The molecule has 7 heteroatoms. The first-order chi connectivity index (χ1) is 28.4. The van der Waals surface area contributed by atoms with Crippen LogP contribution in [0.25, 0.3) is 61.8 Å². The normalized spacial score (nSPS) is 13.2. The predicted molar refractivity (Wildman–Crippen MR) is 251 cm³/mol. The van der Waals surface area contributed by atoms with E-state index in [1.807, 2.05) is 6.20 Å². The molecular weight excluding hydrogens is 735 g/mol. The second-order valence-corrected chi connectivity index (χ2v) is 19.0. The molecule has 0 saturated carbocycles. The van der Waals surface area contributed by atoms with Gasteiger partial charge in [0.05, 0.1) is 29.1 Å². The summed E-state index contributed by atoms with van der Waals surface area (Å²) in [6, 6.07) is 35.5. The highest BCUT2D eigenvalue weighted by Crippen LogP contribution is 2.44. The Morgan fingerprint density at radius 3 is 1.87 bits per heavy atom. The van der Waals surface area contributed by atoms with Crippen LogP contribution in [-0.4, -0.2) is 38.2 Å². The maximum Gasteiger partial charge on any atom is 0.164 e. The van der Waals surface area contributed by atoms with Crippen molar-refractivity contribution in [1.29, 1.82) is 0 Å². The summed E-state index contributed by atoms with van der Waals surface area (Å²) in [6.45, 7) is 25.2. The standard InChI is InChI=1S/C53H55N7/c1-31-21-34(4)48(35(5)22-31)51-56-49(36-17-18-42-41-15-13-14-16-43(41)60(44(42)27-36)47-29-38(19-20-54-47)52(6,7)8)55-50(57-51)37-25-39(53(9,10)11)28-40(26-37)59-30-58(12)45-23-32(2)33(3)24-46(45)59/h13-29H,30H2,1-12H3. The van der Waals surface area contributed by atoms with E-state index in [0.717, 1.165) is 62.4 Å². The fourth-order valence-corrected chi connectivity index (χ4v) is 8.86. The van der Waals surface area contributed by atoms with Gasteiger partial charge in [0.1, 0.15) is 5.82 Å². The maximum atomic E-state index is 5.39. The minimum Gasteiger partial charge on any atom is -0.355 e. The molecule has 0 N–H and O–H groups in total. The molecule has 7 nitrogen and oxygen atoms in total. The molecule has 0 unspecified atom stereocenters. The van der Waals surface area contributed by atoms with Gasteiger partial charge in [0.2, 0.25) is 0 Å². The Kier molecular flexibility index (Phi) is 9.23. The van der Waals surface area contributed by atoms with E-state index < -0.39 is 0 Å². The van der Waals surface area contributed by atoms with Gasteiger partial charge < -0.3 is 9.80 Å². The number of rotatable bonds is 5.